The molecule has 0 aromatic carbocycles. The van der Waals surface area contributed by atoms with Gasteiger partial charge in [-0.1, -0.05) is 0 Å². The Morgan fingerprint density at radius 1 is 1.40 bits per heavy atom. The fourth-order valence-corrected chi connectivity index (χ4v) is 1.51. The van der Waals surface area contributed by atoms with Crippen molar-refractivity contribution in [2.24, 2.45) is 0 Å². The summed E-state index contributed by atoms with van der Waals surface area (Å²) in [7, 11) is -5.05. The molecule has 0 aromatic rings. The molecule has 0 aliphatic rings. The van der Waals surface area contributed by atoms with Crippen molar-refractivity contribution in [2.45, 2.75) is 25.0 Å². The molecule has 90 valence electrons. The van der Waals surface area contributed by atoms with E-state index in [2.05, 4.69) is 16.0 Å². The molecule has 1 unspecified atom stereocenters. The minimum atomic E-state index is -5.05. The van der Waals surface area contributed by atoms with E-state index in [1.165, 1.54) is 0 Å². The Bertz CT molecular complexity index is 254. The number of carboxylic acid groups (broad SMARTS) is 1. The largest absolute Gasteiger partial charge is 0.790 e. The van der Waals surface area contributed by atoms with E-state index in [1.54, 1.807) is 0 Å². The number of carboxylic acids is 1. The number of phosphoric ester groups is 1. The van der Waals surface area contributed by atoms with Gasteiger partial charge in [0.2, 0.25) is 0 Å². The highest BCUT2D eigenvalue weighted by molar-refractivity contribution is 7.43. The summed E-state index contributed by atoms with van der Waals surface area (Å²) in [6.45, 7) is 0.0637. The molecule has 8 nitrogen and oxygen atoms in total. The first-order valence-corrected chi connectivity index (χ1v) is 5.76. The van der Waals surface area contributed by atoms with Crippen LogP contribution >= 0.6 is 7.82 Å². The molecule has 0 heterocycles. The van der Waals surface area contributed by atoms with Crippen LogP contribution in [-0.4, -0.2) is 24.7 Å². The van der Waals surface area contributed by atoms with Gasteiger partial charge in [0, 0.05) is 6.42 Å². The molecule has 6 N–H and O–H groups in total. The molecule has 0 bridgehead atoms. The maximum Gasteiger partial charge on any atom is 0.125 e. The van der Waals surface area contributed by atoms with Crippen LogP contribution in [0.15, 0.2) is 0 Å². The van der Waals surface area contributed by atoms with Crippen LogP contribution in [0.1, 0.15) is 12.8 Å². The zero-order valence-electron chi connectivity index (χ0n) is 8.09. The molecule has 9 heteroatoms. The third-order valence-electron chi connectivity index (χ3n) is 1.77. The monoisotopic (exact) mass is 241 g/mol. The van der Waals surface area contributed by atoms with Gasteiger partial charge in [-0.05, 0) is 6.42 Å². The molecule has 0 aliphatic heterocycles. The zero-order chi connectivity index (χ0) is 12.1. The summed E-state index contributed by atoms with van der Waals surface area (Å²) < 4.78 is 14.4. The van der Waals surface area contributed by atoms with Gasteiger partial charge < -0.3 is 40.2 Å². The second kappa shape index (κ2) is 6.16. The fourth-order valence-electron chi connectivity index (χ4n) is 0.937. The number of carbonyl (C=O) groups excluding carboxylic acids is 1. The van der Waals surface area contributed by atoms with E-state index in [4.69, 9.17) is 0 Å². The van der Waals surface area contributed by atoms with Crippen molar-refractivity contribution < 1.29 is 40.2 Å². The van der Waals surface area contributed by atoms with E-state index in [0.29, 0.717) is 0 Å². The minimum Gasteiger partial charge on any atom is -0.790 e. The molecular formula is C6H14N2O6P-. The van der Waals surface area contributed by atoms with Crippen molar-refractivity contribution in [3.8, 4) is 0 Å². The molecule has 0 radical (unpaired) electrons. The minimum absolute atomic E-state index is 0.0637. The Morgan fingerprint density at radius 2 is 1.93 bits per heavy atom. The number of carbonyl (C=O) groups is 1. The lowest BCUT2D eigenvalue weighted by molar-refractivity contribution is -0.440. The van der Waals surface area contributed by atoms with Gasteiger partial charge in [-0.3, -0.25) is 0 Å². The maximum absolute atomic E-state index is 10.3. The molecule has 0 saturated carbocycles. The maximum atomic E-state index is 10.3. The number of hydrogen-bond donors (Lipinski definition) is 2. The van der Waals surface area contributed by atoms with Gasteiger partial charge in [-0.25, -0.2) is 0 Å². The van der Waals surface area contributed by atoms with E-state index in [0.717, 1.165) is 0 Å². The number of hydrogen-bond acceptors (Lipinski definition) is 6. The molecule has 2 atom stereocenters. The number of rotatable bonds is 7. The van der Waals surface area contributed by atoms with Gasteiger partial charge in [0.15, 0.2) is 0 Å². The van der Waals surface area contributed by atoms with Crippen LogP contribution in [0.3, 0.4) is 0 Å². The quantitative estimate of drug-likeness (QED) is 0.421. The molecule has 0 fully saturated rings. The van der Waals surface area contributed by atoms with E-state index >= 15 is 0 Å². The Morgan fingerprint density at radius 3 is 2.27 bits per heavy atom. The predicted molar refractivity (Wildman–Crippen MR) is 41.2 cm³/mol. The van der Waals surface area contributed by atoms with E-state index in [-0.39, 0.29) is 19.4 Å². The van der Waals surface area contributed by atoms with Crippen molar-refractivity contribution in [1.82, 2.24) is 0 Å². The molecule has 0 rings (SSSR count). The summed E-state index contributed by atoms with van der Waals surface area (Å²) in [6, 6.07) is -0.958. The summed E-state index contributed by atoms with van der Waals surface area (Å²) >= 11 is 0. The molecule has 15 heavy (non-hydrogen) atoms. The fraction of sp³-hybridized carbons (Fsp3) is 0.833. The summed E-state index contributed by atoms with van der Waals surface area (Å²) in [5.74, 6) is -1.33. The van der Waals surface area contributed by atoms with Crippen LogP contribution in [-0.2, 0) is 13.9 Å². The van der Waals surface area contributed by atoms with Gasteiger partial charge in [-0.15, -0.1) is 0 Å². The van der Waals surface area contributed by atoms with Crippen LogP contribution in [0, 0.1) is 0 Å². The molecule has 0 spiro atoms. The van der Waals surface area contributed by atoms with Gasteiger partial charge in [0.1, 0.15) is 18.7 Å². The smallest absolute Gasteiger partial charge is 0.125 e. The Balaban J connectivity index is 4.01. The average Bonchev–Trinajstić information content (AvgIpc) is 2.09. The number of phosphoric acid groups is 1. The highest BCUT2D eigenvalue weighted by Crippen LogP contribution is 2.28. The molecule has 0 amide bonds. The van der Waals surface area contributed by atoms with Crippen molar-refractivity contribution in [3.63, 3.8) is 0 Å². The van der Waals surface area contributed by atoms with Crippen LogP contribution < -0.4 is 26.4 Å². The van der Waals surface area contributed by atoms with Crippen LogP contribution in [0.2, 0.25) is 0 Å². The second-order valence-corrected chi connectivity index (χ2v) is 4.16. The van der Waals surface area contributed by atoms with Crippen LogP contribution in [0.25, 0.3) is 0 Å². The molecule has 0 saturated heterocycles. The molecular weight excluding hydrogens is 227 g/mol. The Kier molecular flexibility index (Phi) is 5.96. The first-order chi connectivity index (χ1) is 6.76. The SMILES string of the molecule is [NH3+]CC(CC[C@H]([NH3+])C(=O)[O-])OP(=O)([O-])[O-]. The summed E-state index contributed by atoms with van der Waals surface area (Å²) in [6.07, 6.45) is -0.739. The van der Waals surface area contributed by atoms with Crippen molar-refractivity contribution >= 4 is 13.8 Å². The van der Waals surface area contributed by atoms with E-state index in [1.807, 2.05) is 0 Å². The highest BCUT2D eigenvalue weighted by Gasteiger charge is 2.15. The zero-order valence-corrected chi connectivity index (χ0v) is 8.98. The van der Waals surface area contributed by atoms with Gasteiger partial charge in [0.25, 0.3) is 0 Å². The van der Waals surface area contributed by atoms with Crippen LogP contribution in [0.4, 0.5) is 0 Å². The molecule has 0 aliphatic carbocycles. The number of quaternary nitrogens is 2. The van der Waals surface area contributed by atoms with Crippen molar-refractivity contribution in [2.75, 3.05) is 6.54 Å². The van der Waals surface area contributed by atoms with E-state index in [9.17, 15) is 24.3 Å². The lowest BCUT2D eigenvalue weighted by Crippen LogP contribution is -2.68. The van der Waals surface area contributed by atoms with Gasteiger partial charge >= 0.3 is 0 Å². The normalized spacial score (nSPS) is 16.0. The lowest BCUT2D eigenvalue weighted by Gasteiger charge is -2.32. The summed E-state index contributed by atoms with van der Waals surface area (Å²) in [5.41, 5.74) is 6.66. The van der Waals surface area contributed by atoms with Crippen LogP contribution in [0.5, 0.6) is 0 Å². The van der Waals surface area contributed by atoms with E-state index < -0.39 is 25.9 Å². The van der Waals surface area contributed by atoms with Gasteiger partial charge in [0.05, 0.1) is 13.8 Å². The molecule has 0 aromatic heterocycles. The average molecular weight is 241 g/mol. The third-order valence-corrected chi connectivity index (χ3v) is 2.33. The highest BCUT2D eigenvalue weighted by atomic mass is 31.2. The Hall–Kier alpha value is -0.500. The summed E-state index contributed by atoms with van der Waals surface area (Å²) in [5, 5.41) is 10.3. The third kappa shape index (κ3) is 7.43. The predicted octanol–water partition coefficient (Wildman–Crippen LogP) is -5.42. The van der Waals surface area contributed by atoms with Gasteiger partial charge in [-0.2, -0.15) is 0 Å². The van der Waals surface area contributed by atoms with Crippen molar-refractivity contribution in [3.05, 3.63) is 0 Å². The Labute approximate surface area is 86.5 Å². The number of aliphatic carboxylic acids is 1. The standard InChI is InChI=1S/C6H15N2O6P/c7-3-4(14-15(11,12)13)1-2-5(8)6(9)10/h4-5H,1-3,7-8H2,(H,9,10)(H2,11,12,13)/p-1/t4?,5-/m0/s1. The topological polar surface area (TPSA) is 168 Å². The van der Waals surface area contributed by atoms with Crippen molar-refractivity contribution in [1.29, 1.82) is 0 Å². The summed E-state index contributed by atoms with van der Waals surface area (Å²) in [4.78, 5) is 30.8. The first-order valence-electron chi connectivity index (χ1n) is 4.30. The first kappa shape index (κ1) is 14.5. The lowest BCUT2D eigenvalue weighted by atomic mass is 10.1. The second-order valence-electron chi connectivity index (χ2n) is 3.06.